The van der Waals surface area contributed by atoms with Gasteiger partial charge in [0.15, 0.2) is 0 Å². The van der Waals surface area contributed by atoms with Crippen LogP contribution in [-0.4, -0.2) is 31.7 Å². The number of hydrogen-bond donors (Lipinski definition) is 1. The number of sulfonamides is 1. The fourth-order valence-corrected chi connectivity index (χ4v) is 5.01. The number of nitrogens with one attached hydrogen (secondary N) is 1. The van der Waals surface area contributed by atoms with E-state index in [9.17, 15) is 13.2 Å². The van der Waals surface area contributed by atoms with Gasteiger partial charge in [0.1, 0.15) is 0 Å². The van der Waals surface area contributed by atoms with Gasteiger partial charge in [-0.25, -0.2) is 8.42 Å². The molecule has 26 heavy (non-hydrogen) atoms. The zero-order valence-corrected chi connectivity index (χ0v) is 17.4. The molecule has 1 saturated heterocycles. The molecule has 3 rings (SSSR count). The van der Waals surface area contributed by atoms with Gasteiger partial charge in [-0.1, -0.05) is 23.2 Å². The summed E-state index contributed by atoms with van der Waals surface area (Å²) in [4.78, 5) is 12.7. The molecule has 1 aliphatic rings. The third-order valence-corrected chi connectivity index (χ3v) is 7.21. The van der Waals surface area contributed by atoms with E-state index in [-0.39, 0.29) is 10.5 Å². The fourth-order valence-electron chi connectivity index (χ4n) is 2.70. The minimum absolute atomic E-state index is 0.0879. The van der Waals surface area contributed by atoms with Gasteiger partial charge in [-0.15, -0.1) is 0 Å². The second-order valence-corrected chi connectivity index (χ2v) is 9.47. The molecule has 1 amide bonds. The first-order valence-electron chi connectivity index (χ1n) is 7.85. The van der Waals surface area contributed by atoms with Gasteiger partial charge in [-0.3, -0.25) is 4.79 Å². The molecule has 0 radical (unpaired) electrons. The molecule has 0 spiro atoms. The fraction of sp³-hybridized carbons (Fsp3) is 0.235. The predicted molar refractivity (Wildman–Crippen MR) is 107 cm³/mol. The highest BCUT2D eigenvalue weighted by Crippen LogP contribution is 2.29. The highest BCUT2D eigenvalue weighted by Gasteiger charge is 2.28. The Morgan fingerprint density at radius 1 is 1.08 bits per heavy atom. The molecule has 0 bridgehead atoms. The maximum absolute atomic E-state index is 12.7. The molecule has 1 N–H and O–H groups in total. The summed E-state index contributed by atoms with van der Waals surface area (Å²) in [7, 11) is -3.61. The Hall–Kier alpha value is -1.12. The number of nitrogens with zero attached hydrogens (tertiary/aromatic N) is 1. The average molecular weight is 478 g/mol. The van der Waals surface area contributed by atoms with Crippen LogP contribution in [0, 0.1) is 0 Å². The second kappa shape index (κ2) is 7.86. The minimum Gasteiger partial charge on any atom is -0.321 e. The summed E-state index contributed by atoms with van der Waals surface area (Å²) in [5.41, 5.74) is 0.546. The first kappa shape index (κ1) is 19.6. The highest BCUT2D eigenvalue weighted by molar-refractivity contribution is 9.10. The largest absolute Gasteiger partial charge is 0.321 e. The molecule has 0 aromatic heterocycles. The van der Waals surface area contributed by atoms with Crippen LogP contribution in [0.3, 0.4) is 0 Å². The maximum Gasteiger partial charge on any atom is 0.256 e. The highest BCUT2D eigenvalue weighted by atomic mass is 79.9. The first-order chi connectivity index (χ1) is 12.3. The summed E-state index contributed by atoms with van der Waals surface area (Å²) in [6, 6.07) is 9.12. The van der Waals surface area contributed by atoms with Gasteiger partial charge in [-0.05, 0) is 65.2 Å². The lowest BCUT2D eigenvalue weighted by atomic mass is 10.2. The quantitative estimate of drug-likeness (QED) is 0.688. The van der Waals surface area contributed by atoms with Crippen LogP contribution in [0.15, 0.2) is 45.8 Å². The molecule has 1 fully saturated rings. The van der Waals surface area contributed by atoms with E-state index in [2.05, 4.69) is 21.2 Å². The Morgan fingerprint density at radius 3 is 2.46 bits per heavy atom. The van der Waals surface area contributed by atoms with E-state index in [1.54, 1.807) is 18.2 Å². The molecule has 0 aliphatic carbocycles. The third kappa shape index (κ3) is 4.07. The maximum atomic E-state index is 12.7. The molecule has 1 heterocycles. The van der Waals surface area contributed by atoms with E-state index in [0.717, 1.165) is 12.8 Å². The van der Waals surface area contributed by atoms with Gasteiger partial charge < -0.3 is 5.32 Å². The van der Waals surface area contributed by atoms with Crippen LogP contribution in [0.25, 0.3) is 0 Å². The summed E-state index contributed by atoms with van der Waals surface area (Å²) in [6.45, 7) is 0.996. The molecule has 0 atom stereocenters. The number of benzene rings is 2. The standard InChI is InChI=1S/C17H15BrCl2N2O3S/c18-14-5-4-12(26(24,25)22-7-1-2-8-22)10-13(14)17(23)21-16-9-11(19)3-6-15(16)20/h3-6,9-10H,1-2,7-8H2,(H,21,23). The average Bonchev–Trinajstić information content (AvgIpc) is 3.13. The number of carbonyl (C=O) groups excluding carboxylic acids is 1. The molecular formula is C17H15BrCl2N2O3S. The molecule has 2 aromatic rings. The number of amides is 1. The molecule has 9 heteroatoms. The van der Waals surface area contributed by atoms with Crippen molar-refractivity contribution in [3.05, 3.63) is 56.5 Å². The van der Waals surface area contributed by atoms with Gasteiger partial charge in [0.25, 0.3) is 5.91 Å². The number of hydrogen-bond acceptors (Lipinski definition) is 3. The molecular weight excluding hydrogens is 463 g/mol. The summed E-state index contributed by atoms with van der Waals surface area (Å²) < 4.78 is 27.4. The number of anilines is 1. The summed E-state index contributed by atoms with van der Waals surface area (Å²) >= 11 is 15.3. The molecule has 0 unspecified atom stereocenters. The SMILES string of the molecule is O=C(Nc1cc(Cl)ccc1Cl)c1cc(S(=O)(=O)N2CCCC2)ccc1Br. The lowest BCUT2D eigenvalue weighted by Crippen LogP contribution is -2.28. The predicted octanol–water partition coefficient (Wildman–Crippen LogP) is 4.79. The smallest absolute Gasteiger partial charge is 0.256 e. The summed E-state index contributed by atoms with van der Waals surface area (Å²) in [5, 5.41) is 3.42. The van der Waals surface area contributed by atoms with Crippen molar-refractivity contribution in [1.82, 2.24) is 4.31 Å². The molecule has 2 aromatic carbocycles. The van der Waals surface area contributed by atoms with Crippen molar-refractivity contribution in [2.75, 3.05) is 18.4 Å². The Kier molecular flexibility index (Phi) is 5.94. The van der Waals surface area contributed by atoms with Gasteiger partial charge in [0.05, 0.1) is 21.2 Å². The first-order valence-corrected chi connectivity index (χ1v) is 10.8. The van der Waals surface area contributed by atoms with Crippen molar-refractivity contribution in [2.24, 2.45) is 0 Å². The summed E-state index contributed by atoms with van der Waals surface area (Å²) in [6.07, 6.45) is 1.69. The Bertz CT molecular complexity index is 960. The van der Waals surface area contributed by atoms with Crippen molar-refractivity contribution in [2.45, 2.75) is 17.7 Å². The lowest BCUT2D eigenvalue weighted by molar-refractivity contribution is 0.102. The second-order valence-electron chi connectivity index (χ2n) is 5.83. The monoisotopic (exact) mass is 476 g/mol. The number of carbonyl (C=O) groups is 1. The van der Waals surface area contributed by atoms with Gasteiger partial charge in [0.2, 0.25) is 10.0 Å². The van der Waals surface area contributed by atoms with Crippen molar-refractivity contribution >= 4 is 60.7 Å². The van der Waals surface area contributed by atoms with E-state index in [1.165, 1.54) is 22.5 Å². The Labute approximate surface area is 170 Å². The molecule has 0 saturated carbocycles. The van der Waals surface area contributed by atoms with Crippen molar-refractivity contribution in [3.63, 3.8) is 0 Å². The van der Waals surface area contributed by atoms with Crippen molar-refractivity contribution in [3.8, 4) is 0 Å². The van der Waals surface area contributed by atoms with Crippen LogP contribution >= 0.6 is 39.1 Å². The van der Waals surface area contributed by atoms with E-state index in [4.69, 9.17) is 23.2 Å². The number of rotatable bonds is 4. The lowest BCUT2D eigenvalue weighted by Gasteiger charge is -2.16. The van der Waals surface area contributed by atoms with Crippen LogP contribution < -0.4 is 5.32 Å². The Balaban J connectivity index is 1.92. The van der Waals surface area contributed by atoms with E-state index >= 15 is 0 Å². The number of halogens is 3. The van der Waals surface area contributed by atoms with Crippen molar-refractivity contribution < 1.29 is 13.2 Å². The topological polar surface area (TPSA) is 66.5 Å². The van der Waals surface area contributed by atoms with Crippen LogP contribution in [-0.2, 0) is 10.0 Å². The van der Waals surface area contributed by atoms with E-state index in [1.807, 2.05) is 0 Å². The van der Waals surface area contributed by atoms with Crippen LogP contribution in [0.1, 0.15) is 23.2 Å². The minimum atomic E-state index is -3.61. The summed E-state index contributed by atoms with van der Waals surface area (Å²) in [5.74, 6) is -0.487. The van der Waals surface area contributed by atoms with Gasteiger partial charge in [-0.2, -0.15) is 4.31 Å². The normalized spacial score (nSPS) is 15.2. The van der Waals surface area contributed by atoms with Gasteiger partial charge in [0, 0.05) is 22.6 Å². The van der Waals surface area contributed by atoms with Gasteiger partial charge >= 0.3 is 0 Å². The third-order valence-electron chi connectivity index (χ3n) is 4.06. The van der Waals surface area contributed by atoms with E-state index < -0.39 is 15.9 Å². The molecule has 5 nitrogen and oxygen atoms in total. The van der Waals surface area contributed by atoms with Crippen LogP contribution in [0.5, 0.6) is 0 Å². The molecule has 1 aliphatic heterocycles. The zero-order valence-electron chi connectivity index (χ0n) is 13.5. The molecule has 138 valence electrons. The zero-order chi connectivity index (χ0) is 18.9. The Morgan fingerprint density at radius 2 is 1.77 bits per heavy atom. The van der Waals surface area contributed by atoms with Crippen molar-refractivity contribution in [1.29, 1.82) is 0 Å². The van der Waals surface area contributed by atoms with Crippen LogP contribution in [0.2, 0.25) is 10.0 Å². The van der Waals surface area contributed by atoms with E-state index in [0.29, 0.717) is 33.3 Å². The van der Waals surface area contributed by atoms with Crippen LogP contribution in [0.4, 0.5) is 5.69 Å².